The fourth-order valence-electron chi connectivity index (χ4n) is 3.29. The molecule has 0 saturated heterocycles. The molecule has 0 atom stereocenters. The summed E-state index contributed by atoms with van der Waals surface area (Å²) in [7, 11) is 0. The molecule has 0 aliphatic rings. The second-order valence-corrected chi connectivity index (χ2v) is 7.62. The number of carbonyl (C=O) groups excluding carboxylic acids is 1. The molecule has 0 unspecified atom stereocenters. The van der Waals surface area contributed by atoms with Crippen molar-refractivity contribution in [2.24, 2.45) is 5.73 Å². The highest BCUT2D eigenvalue weighted by atomic mass is 19.1. The first-order chi connectivity index (χ1) is 15.3. The van der Waals surface area contributed by atoms with E-state index in [2.05, 4.69) is 0 Å². The summed E-state index contributed by atoms with van der Waals surface area (Å²) in [6.45, 7) is 3.99. The average Bonchev–Trinajstić information content (AvgIpc) is 2.77. The SMILES string of the molecule is C/C(=C/C=C(\C)c1ccccc1OCc1ccc(F)cc1F)Cc1cccc(C(N)=O)c1. The molecule has 0 aliphatic carbocycles. The minimum atomic E-state index is -0.631. The van der Waals surface area contributed by atoms with Gasteiger partial charge in [-0.15, -0.1) is 0 Å². The van der Waals surface area contributed by atoms with Gasteiger partial charge in [0.05, 0.1) is 0 Å². The molecular weight excluding hydrogens is 408 g/mol. The molecule has 3 nitrogen and oxygen atoms in total. The molecule has 32 heavy (non-hydrogen) atoms. The van der Waals surface area contributed by atoms with Gasteiger partial charge in [0.15, 0.2) is 0 Å². The van der Waals surface area contributed by atoms with Crippen LogP contribution in [0.25, 0.3) is 5.57 Å². The minimum Gasteiger partial charge on any atom is -0.488 e. The Morgan fingerprint density at radius 3 is 2.50 bits per heavy atom. The zero-order valence-corrected chi connectivity index (χ0v) is 18.1. The zero-order chi connectivity index (χ0) is 23.1. The smallest absolute Gasteiger partial charge is 0.248 e. The van der Waals surface area contributed by atoms with Gasteiger partial charge in [-0.05, 0) is 61.7 Å². The fraction of sp³-hybridized carbons (Fsp3) is 0.148. The number of carbonyl (C=O) groups is 1. The van der Waals surface area contributed by atoms with E-state index in [1.807, 2.05) is 62.4 Å². The van der Waals surface area contributed by atoms with Gasteiger partial charge in [-0.1, -0.05) is 48.1 Å². The van der Waals surface area contributed by atoms with Gasteiger partial charge in [0, 0.05) is 22.8 Å². The molecule has 0 aliphatic heterocycles. The van der Waals surface area contributed by atoms with Crippen LogP contribution in [0.15, 0.2) is 84.5 Å². The first kappa shape index (κ1) is 22.9. The molecule has 1 amide bonds. The van der Waals surface area contributed by atoms with Crippen molar-refractivity contribution in [3.8, 4) is 5.75 Å². The number of amides is 1. The van der Waals surface area contributed by atoms with Crippen LogP contribution in [0.5, 0.6) is 5.75 Å². The van der Waals surface area contributed by atoms with E-state index in [9.17, 15) is 13.6 Å². The third-order valence-corrected chi connectivity index (χ3v) is 5.02. The van der Waals surface area contributed by atoms with Crippen LogP contribution in [0.3, 0.4) is 0 Å². The van der Waals surface area contributed by atoms with Gasteiger partial charge in [-0.2, -0.15) is 0 Å². The summed E-state index contributed by atoms with van der Waals surface area (Å²) in [5, 5.41) is 0. The van der Waals surface area contributed by atoms with E-state index in [4.69, 9.17) is 10.5 Å². The summed E-state index contributed by atoms with van der Waals surface area (Å²) in [5.41, 5.74) is 10.1. The van der Waals surface area contributed by atoms with Gasteiger partial charge < -0.3 is 10.5 Å². The van der Waals surface area contributed by atoms with Crippen molar-refractivity contribution < 1.29 is 18.3 Å². The molecule has 0 bridgehead atoms. The second-order valence-electron chi connectivity index (χ2n) is 7.62. The Morgan fingerprint density at radius 2 is 1.75 bits per heavy atom. The normalized spacial score (nSPS) is 12.0. The zero-order valence-electron chi connectivity index (χ0n) is 18.1. The third-order valence-electron chi connectivity index (χ3n) is 5.02. The third kappa shape index (κ3) is 6.14. The summed E-state index contributed by atoms with van der Waals surface area (Å²) in [5.74, 6) is -1.07. The molecule has 164 valence electrons. The average molecular weight is 433 g/mol. The highest BCUT2D eigenvalue weighted by Crippen LogP contribution is 2.27. The molecule has 0 fully saturated rings. The largest absolute Gasteiger partial charge is 0.488 e. The van der Waals surface area contributed by atoms with E-state index in [1.165, 1.54) is 12.1 Å². The van der Waals surface area contributed by atoms with Gasteiger partial charge in [0.25, 0.3) is 0 Å². The van der Waals surface area contributed by atoms with Crippen molar-refractivity contribution in [1.82, 2.24) is 0 Å². The summed E-state index contributed by atoms with van der Waals surface area (Å²) < 4.78 is 32.8. The summed E-state index contributed by atoms with van der Waals surface area (Å²) in [6.07, 6.45) is 4.70. The molecular formula is C27H25F2NO2. The molecule has 3 aromatic rings. The van der Waals surface area contributed by atoms with Gasteiger partial charge in [-0.25, -0.2) is 8.78 Å². The van der Waals surface area contributed by atoms with Crippen LogP contribution in [0.1, 0.15) is 40.9 Å². The molecule has 0 saturated carbocycles. The summed E-state index contributed by atoms with van der Waals surface area (Å²) in [4.78, 5) is 11.4. The van der Waals surface area contributed by atoms with E-state index in [1.54, 1.807) is 12.1 Å². The Balaban J connectivity index is 1.73. The molecule has 0 spiro atoms. The molecule has 0 radical (unpaired) electrons. The Bertz CT molecular complexity index is 1180. The van der Waals surface area contributed by atoms with Crippen LogP contribution in [0.4, 0.5) is 8.78 Å². The van der Waals surface area contributed by atoms with Gasteiger partial charge in [0.2, 0.25) is 5.91 Å². The number of allylic oxidation sites excluding steroid dienone is 4. The molecule has 3 aromatic carbocycles. The van der Waals surface area contributed by atoms with Gasteiger partial charge in [0.1, 0.15) is 24.0 Å². The number of para-hydroxylation sites is 1. The number of hydrogen-bond acceptors (Lipinski definition) is 2. The van der Waals surface area contributed by atoms with Crippen LogP contribution in [-0.4, -0.2) is 5.91 Å². The standard InChI is InChI=1S/C27H25F2NO2/c1-18(14-20-6-5-7-21(15-20)27(30)31)10-11-19(2)24-8-3-4-9-26(24)32-17-22-12-13-23(28)16-25(22)29/h3-13,15-16H,14,17H2,1-2H3,(H2,30,31)/b18-10-,19-11+. The van der Waals surface area contributed by atoms with Crippen molar-refractivity contribution in [3.63, 3.8) is 0 Å². The van der Waals surface area contributed by atoms with E-state index < -0.39 is 17.5 Å². The number of hydrogen-bond donors (Lipinski definition) is 1. The van der Waals surface area contributed by atoms with Crippen LogP contribution in [0.2, 0.25) is 0 Å². The summed E-state index contributed by atoms with van der Waals surface area (Å²) in [6, 6.07) is 18.2. The monoisotopic (exact) mass is 433 g/mol. The lowest BCUT2D eigenvalue weighted by molar-refractivity contribution is 0.1000. The Kier molecular flexibility index (Phi) is 7.55. The predicted molar refractivity (Wildman–Crippen MR) is 123 cm³/mol. The maximum Gasteiger partial charge on any atom is 0.248 e. The fourth-order valence-corrected chi connectivity index (χ4v) is 3.29. The van der Waals surface area contributed by atoms with Crippen molar-refractivity contribution in [2.45, 2.75) is 26.9 Å². The highest BCUT2D eigenvalue weighted by Gasteiger charge is 2.08. The second kappa shape index (κ2) is 10.5. The summed E-state index contributed by atoms with van der Waals surface area (Å²) >= 11 is 0. The van der Waals surface area contributed by atoms with E-state index >= 15 is 0 Å². The Labute approximate surface area is 186 Å². The van der Waals surface area contributed by atoms with Crippen molar-refractivity contribution >= 4 is 11.5 Å². The predicted octanol–water partition coefficient (Wildman–Crippen LogP) is 6.24. The number of rotatable bonds is 8. The maximum absolute atomic E-state index is 13.9. The first-order valence-electron chi connectivity index (χ1n) is 10.2. The number of halogens is 2. The number of primary amides is 1. The van der Waals surface area contributed by atoms with Gasteiger partial charge >= 0.3 is 0 Å². The molecule has 3 rings (SSSR count). The first-order valence-corrected chi connectivity index (χ1v) is 10.2. The number of benzene rings is 3. The van der Waals surface area contributed by atoms with Crippen molar-refractivity contribution in [3.05, 3.63) is 118 Å². The van der Waals surface area contributed by atoms with Crippen molar-refractivity contribution in [1.29, 1.82) is 0 Å². The highest BCUT2D eigenvalue weighted by molar-refractivity contribution is 5.92. The maximum atomic E-state index is 13.9. The Morgan fingerprint density at radius 1 is 0.969 bits per heavy atom. The molecule has 2 N–H and O–H groups in total. The van der Waals surface area contributed by atoms with Crippen molar-refractivity contribution in [2.75, 3.05) is 0 Å². The molecule has 5 heteroatoms. The quantitative estimate of drug-likeness (QED) is 0.428. The molecule has 0 aromatic heterocycles. The lowest BCUT2D eigenvalue weighted by Gasteiger charge is -2.12. The van der Waals surface area contributed by atoms with Crippen LogP contribution in [-0.2, 0) is 13.0 Å². The number of nitrogens with two attached hydrogens (primary N) is 1. The topological polar surface area (TPSA) is 52.3 Å². The van der Waals surface area contributed by atoms with Crippen LogP contribution < -0.4 is 10.5 Å². The lowest BCUT2D eigenvalue weighted by atomic mass is 10.0. The number of ether oxygens (including phenoxy) is 1. The lowest BCUT2D eigenvalue weighted by Crippen LogP contribution is -2.10. The van der Waals surface area contributed by atoms with Crippen LogP contribution >= 0.6 is 0 Å². The minimum absolute atomic E-state index is 0.00147. The van der Waals surface area contributed by atoms with Gasteiger partial charge in [-0.3, -0.25) is 4.79 Å². The van der Waals surface area contributed by atoms with E-state index in [0.717, 1.165) is 28.3 Å². The molecule has 0 heterocycles. The van der Waals surface area contributed by atoms with E-state index in [0.29, 0.717) is 17.7 Å². The van der Waals surface area contributed by atoms with Crippen LogP contribution in [0, 0.1) is 11.6 Å². The Hall–Kier alpha value is -3.73. The van der Waals surface area contributed by atoms with E-state index in [-0.39, 0.29) is 12.2 Å².